The van der Waals surface area contributed by atoms with E-state index in [-0.39, 0.29) is 28.8 Å². The predicted octanol–water partition coefficient (Wildman–Crippen LogP) is 2.83. The first-order chi connectivity index (χ1) is 15.2. The Balaban J connectivity index is 1.64. The summed E-state index contributed by atoms with van der Waals surface area (Å²) >= 11 is 1.12. The number of anilines is 1. The molecule has 2 atom stereocenters. The van der Waals surface area contributed by atoms with E-state index >= 15 is 0 Å². The normalized spacial score (nSPS) is 22.8. The van der Waals surface area contributed by atoms with Crippen molar-refractivity contribution in [2.24, 2.45) is 4.99 Å². The summed E-state index contributed by atoms with van der Waals surface area (Å²) in [5.74, 6) is -1.39. The first-order valence-corrected chi connectivity index (χ1v) is 12.3. The third-order valence-electron chi connectivity index (χ3n) is 5.26. The van der Waals surface area contributed by atoms with Crippen molar-refractivity contribution in [3.8, 4) is 11.5 Å². The molecule has 0 aliphatic carbocycles. The lowest BCUT2D eigenvalue weighted by atomic mass is 10.1. The van der Waals surface area contributed by atoms with Gasteiger partial charge < -0.3 is 14.4 Å². The van der Waals surface area contributed by atoms with Crippen molar-refractivity contribution in [3.63, 3.8) is 0 Å². The molecule has 0 bridgehead atoms. The first kappa shape index (κ1) is 22.5. The number of aliphatic imine (C=N–C) groups is 1. The van der Waals surface area contributed by atoms with Crippen LogP contribution in [0.5, 0.6) is 11.5 Å². The molecule has 1 amide bonds. The largest absolute Gasteiger partial charge is 0.493 e. The zero-order valence-corrected chi connectivity index (χ0v) is 18.9. The van der Waals surface area contributed by atoms with Crippen LogP contribution in [0.25, 0.3) is 0 Å². The molecule has 4 rings (SSSR count). The van der Waals surface area contributed by atoms with E-state index in [0.29, 0.717) is 17.1 Å². The van der Waals surface area contributed by atoms with E-state index in [2.05, 4.69) is 4.99 Å². The number of hydrogen-bond donors (Lipinski definition) is 0. The number of nitrogens with zero attached hydrogens (tertiary/aromatic N) is 2. The molecule has 7 nitrogen and oxygen atoms in total. The molecule has 2 aliphatic rings. The van der Waals surface area contributed by atoms with Crippen molar-refractivity contribution >= 4 is 38.4 Å². The van der Waals surface area contributed by atoms with Gasteiger partial charge >= 0.3 is 0 Å². The average Bonchev–Trinajstić information content (AvgIpc) is 3.19. The fourth-order valence-corrected chi connectivity index (χ4v) is 7.76. The quantitative estimate of drug-likeness (QED) is 0.648. The van der Waals surface area contributed by atoms with E-state index in [1.54, 1.807) is 18.2 Å². The number of ether oxygens (including phenoxy) is 2. The number of rotatable bonds is 5. The molecule has 0 spiro atoms. The summed E-state index contributed by atoms with van der Waals surface area (Å²) in [6, 6.07) is 7.50. The number of amides is 1. The third kappa shape index (κ3) is 4.44. The summed E-state index contributed by atoms with van der Waals surface area (Å²) in [5, 5.41) is -0.192. The molecule has 2 fully saturated rings. The summed E-state index contributed by atoms with van der Waals surface area (Å²) in [5.41, 5.74) is 0.628. The van der Waals surface area contributed by atoms with Gasteiger partial charge in [0.1, 0.15) is 11.6 Å². The third-order valence-corrected chi connectivity index (χ3v) is 8.47. The molecule has 2 aromatic carbocycles. The summed E-state index contributed by atoms with van der Waals surface area (Å²) in [7, 11) is -0.314. The molecule has 32 heavy (non-hydrogen) atoms. The Morgan fingerprint density at radius 1 is 1.12 bits per heavy atom. The van der Waals surface area contributed by atoms with Crippen molar-refractivity contribution in [2.45, 2.75) is 17.7 Å². The molecular formula is C21H20F2N2O5S2. The van der Waals surface area contributed by atoms with Gasteiger partial charge in [-0.3, -0.25) is 4.79 Å². The highest BCUT2D eigenvalue weighted by Crippen LogP contribution is 2.42. The zero-order chi connectivity index (χ0) is 23.0. The Kier molecular flexibility index (Phi) is 6.13. The Bertz CT molecular complexity index is 1200. The minimum Gasteiger partial charge on any atom is -0.493 e. The highest BCUT2D eigenvalue weighted by atomic mass is 32.2. The molecule has 0 saturated carbocycles. The fourth-order valence-electron chi connectivity index (χ4n) is 3.83. The number of methoxy groups -OCH3 is 2. The van der Waals surface area contributed by atoms with Gasteiger partial charge in [-0.25, -0.2) is 17.2 Å². The molecule has 0 N–H and O–H groups in total. The smallest absolute Gasteiger partial charge is 0.252 e. The van der Waals surface area contributed by atoms with Gasteiger partial charge in [0.05, 0.1) is 43.9 Å². The van der Waals surface area contributed by atoms with Crippen LogP contribution in [0.1, 0.15) is 5.56 Å². The second-order valence-corrected chi connectivity index (χ2v) is 10.8. The van der Waals surface area contributed by atoms with Crippen LogP contribution in [0.15, 0.2) is 41.4 Å². The Hall–Kier alpha value is -2.66. The molecule has 2 aliphatic heterocycles. The maximum Gasteiger partial charge on any atom is 0.252 e. The maximum atomic E-state index is 14.6. The van der Waals surface area contributed by atoms with Gasteiger partial charge in [0.15, 0.2) is 26.5 Å². The second kappa shape index (κ2) is 8.70. The van der Waals surface area contributed by atoms with Gasteiger partial charge in [0, 0.05) is 11.3 Å². The average molecular weight is 483 g/mol. The van der Waals surface area contributed by atoms with Crippen LogP contribution in [0, 0.1) is 11.6 Å². The number of hydrogen-bond acceptors (Lipinski definition) is 6. The lowest BCUT2D eigenvalue weighted by Crippen LogP contribution is -2.38. The van der Waals surface area contributed by atoms with E-state index in [4.69, 9.17) is 9.47 Å². The molecule has 0 aromatic heterocycles. The minimum atomic E-state index is -3.31. The van der Waals surface area contributed by atoms with Gasteiger partial charge in [-0.15, -0.1) is 0 Å². The van der Waals surface area contributed by atoms with Crippen LogP contribution < -0.4 is 14.4 Å². The number of benzene rings is 2. The standard InChI is InChI=1S/C21H20F2N2O5S2/c1-29-17-6-3-12(7-18(17)30-2)8-20(26)24-21-25(15-5-4-13(22)9-14(15)23)16-10-32(27,28)11-19(16)31-21/h3-7,9,16,19H,8,10-11H2,1-2H3. The van der Waals surface area contributed by atoms with Crippen LogP contribution in [0.3, 0.4) is 0 Å². The number of halogens is 2. The molecule has 2 heterocycles. The number of carbonyl (C=O) groups excluding carboxylic acids is 1. The highest BCUT2D eigenvalue weighted by molar-refractivity contribution is 8.16. The van der Waals surface area contributed by atoms with Gasteiger partial charge in [0.25, 0.3) is 5.91 Å². The van der Waals surface area contributed by atoms with Crippen LogP contribution in [-0.4, -0.2) is 56.5 Å². The summed E-state index contributed by atoms with van der Waals surface area (Å²) < 4.78 is 62.7. The summed E-state index contributed by atoms with van der Waals surface area (Å²) in [6.45, 7) is 0. The lowest BCUT2D eigenvalue weighted by molar-refractivity contribution is -0.117. The zero-order valence-electron chi connectivity index (χ0n) is 17.2. The van der Waals surface area contributed by atoms with Crippen molar-refractivity contribution in [3.05, 3.63) is 53.6 Å². The van der Waals surface area contributed by atoms with Crippen LogP contribution in [0.2, 0.25) is 0 Å². The van der Waals surface area contributed by atoms with E-state index in [1.165, 1.54) is 25.2 Å². The van der Waals surface area contributed by atoms with Gasteiger partial charge in [-0.1, -0.05) is 17.8 Å². The molecule has 0 radical (unpaired) electrons. The van der Waals surface area contributed by atoms with E-state index in [1.807, 2.05) is 0 Å². The van der Waals surface area contributed by atoms with Gasteiger partial charge in [0.2, 0.25) is 0 Å². The molecule has 2 aromatic rings. The Morgan fingerprint density at radius 3 is 2.56 bits per heavy atom. The molecule has 11 heteroatoms. The van der Waals surface area contributed by atoms with Crippen LogP contribution in [0.4, 0.5) is 14.5 Å². The monoisotopic (exact) mass is 482 g/mol. The topological polar surface area (TPSA) is 85.3 Å². The van der Waals surface area contributed by atoms with E-state index in [0.717, 1.165) is 23.9 Å². The summed E-state index contributed by atoms with van der Waals surface area (Å²) in [4.78, 5) is 18.3. The number of amidine groups is 1. The maximum absolute atomic E-state index is 14.6. The van der Waals surface area contributed by atoms with Crippen molar-refractivity contribution in [2.75, 3.05) is 30.6 Å². The first-order valence-electron chi connectivity index (χ1n) is 9.64. The van der Waals surface area contributed by atoms with Gasteiger partial charge in [-0.05, 0) is 29.8 Å². The molecule has 170 valence electrons. The van der Waals surface area contributed by atoms with E-state index < -0.39 is 38.7 Å². The Labute approximate surface area is 188 Å². The van der Waals surface area contributed by atoms with Crippen molar-refractivity contribution < 1.29 is 31.5 Å². The van der Waals surface area contributed by atoms with Crippen LogP contribution >= 0.6 is 11.8 Å². The second-order valence-electron chi connectivity index (χ2n) is 7.42. The Morgan fingerprint density at radius 2 is 1.88 bits per heavy atom. The van der Waals surface area contributed by atoms with Crippen molar-refractivity contribution in [1.82, 2.24) is 0 Å². The number of thioether (sulfide) groups is 1. The molecular weight excluding hydrogens is 462 g/mol. The van der Waals surface area contributed by atoms with Crippen LogP contribution in [-0.2, 0) is 21.1 Å². The van der Waals surface area contributed by atoms with E-state index in [9.17, 15) is 22.0 Å². The predicted molar refractivity (Wildman–Crippen MR) is 118 cm³/mol. The molecule has 2 unspecified atom stereocenters. The SMILES string of the molecule is COc1ccc(CC(=O)N=C2SC3CS(=O)(=O)CC3N2c2ccc(F)cc2F)cc1OC. The van der Waals surface area contributed by atoms with Gasteiger partial charge in [-0.2, -0.15) is 4.99 Å². The number of sulfone groups is 1. The fraction of sp³-hybridized carbons (Fsp3) is 0.333. The molecule has 2 saturated heterocycles. The minimum absolute atomic E-state index is 0.0128. The number of fused-ring (bicyclic) bond motifs is 1. The summed E-state index contributed by atoms with van der Waals surface area (Å²) in [6.07, 6.45) is -0.0439. The lowest BCUT2D eigenvalue weighted by Gasteiger charge is -2.24. The number of carbonyl (C=O) groups is 1. The van der Waals surface area contributed by atoms with Crippen molar-refractivity contribution in [1.29, 1.82) is 0 Å². The highest BCUT2D eigenvalue weighted by Gasteiger charge is 2.50.